The van der Waals surface area contributed by atoms with Crippen LogP contribution in [0.2, 0.25) is 0 Å². The van der Waals surface area contributed by atoms with Crippen molar-refractivity contribution >= 4 is 17.9 Å². The topological polar surface area (TPSA) is 52.3 Å². The highest BCUT2D eigenvalue weighted by Crippen LogP contribution is 2.04. The second-order valence-corrected chi connectivity index (χ2v) is 3.16. The summed E-state index contributed by atoms with van der Waals surface area (Å²) in [7, 11) is 0. The molecule has 2 N–H and O–H groups in total. The van der Waals surface area contributed by atoms with E-state index in [0.29, 0.717) is 11.5 Å². The van der Waals surface area contributed by atoms with Crippen molar-refractivity contribution in [2.75, 3.05) is 18.2 Å². The lowest BCUT2D eigenvalue weighted by Crippen LogP contribution is -2.22. The molecule has 1 atom stereocenters. The lowest BCUT2D eigenvalue weighted by atomic mass is 10.5. The Morgan fingerprint density at radius 2 is 2.45 bits per heavy atom. The number of carbonyl (C=O) groups is 1. The van der Waals surface area contributed by atoms with Gasteiger partial charge in [-0.25, -0.2) is 4.79 Å². The Kier molecular flexibility index (Phi) is 6.02. The first-order valence-corrected chi connectivity index (χ1v) is 4.42. The third-order valence-corrected chi connectivity index (χ3v) is 2.04. The first kappa shape index (κ1) is 10.6. The molecule has 1 unspecified atom stereocenters. The fraction of sp³-hybridized carbons (Fsp3) is 0.833. The maximum atomic E-state index is 11.6. The van der Waals surface area contributed by atoms with Crippen LogP contribution in [0.25, 0.3) is 0 Å². The van der Waals surface area contributed by atoms with Gasteiger partial charge in [-0.1, -0.05) is 0 Å². The van der Waals surface area contributed by atoms with Gasteiger partial charge in [0.15, 0.2) is 0 Å². The number of hydrogen-bond acceptors (Lipinski definition) is 3. The monoisotopic (exact) mass is 181 g/mol. The molecule has 0 aliphatic heterocycles. The Labute approximate surface area is 69.5 Å². The van der Waals surface area contributed by atoms with Crippen molar-refractivity contribution in [3.05, 3.63) is 0 Å². The Bertz CT molecular complexity index is 123. The number of rotatable bonds is 5. The number of carbonyl (C=O) groups excluding carboxylic acids is 1. The fourth-order valence-electron chi connectivity index (χ4n) is 0.536. The third-order valence-electron chi connectivity index (χ3n) is 0.891. The highest BCUT2D eigenvalue weighted by atomic mass is 32.2. The number of primary amides is 1. The average molecular weight is 181 g/mol. The SMILES string of the molecule is CC(CSCCF)OC(N)=O. The lowest BCUT2D eigenvalue weighted by molar-refractivity contribution is 0.127. The van der Waals surface area contributed by atoms with Crippen LogP contribution in [0.4, 0.5) is 9.18 Å². The molecule has 0 spiro atoms. The molecule has 0 aromatic rings. The van der Waals surface area contributed by atoms with E-state index in [9.17, 15) is 9.18 Å². The van der Waals surface area contributed by atoms with Gasteiger partial charge in [0.05, 0.1) is 6.67 Å². The molecule has 0 bridgehead atoms. The van der Waals surface area contributed by atoms with Gasteiger partial charge in [0.2, 0.25) is 0 Å². The molecule has 0 saturated carbocycles. The zero-order valence-corrected chi connectivity index (χ0v) is 7.20. The van der Waals surface area contributed by atoms with E-state index in [1.165, 1.54) is 11.8 Å². The molecule has 5 heteroatoms. The normalized spacial score (nSPS) is 12.5. The van der Waals surface area contributed by atoms with Crippen molar-refractivity contribution in [2.45, 2.75) is 13.0 Å². The smallest absolute Gasteiger partial charge is 0.404 e. The summed E-state index contributed by atoms with van der Waals surface area (Å²) in [6.45, 7) is 1.37. The quantitative estimate of drug-likeness (QED) is 0.648. The summed E-state index contributed by atoms with van der Waals surface area (Å²) >= 11 is 1.40. The Balaban J connectivity index is 3.22. The largest absolute Gasteiger partial charge is 0.446 e. The number of amides is 1. The zero-order valence-electron chi connectivity index (χ0n) is 6.38. The molecule has 1 amide bonds. The predicted molar refractivity (Wildman–Crippen MR) is 43.4 cm³/mol. The van der Waals surface area contributed by atoms with Crippen LogP contribution in [0.5, 0.6) is 0 Å². The molecule has 0 heterocycles. The van der Waals surface area contributed by atoms with Gasteiger partial charge in [0, 0.05) is 11.5 Å². The zero-order chi connectivity index (χ0) is 8.69. The van der Waals surface area contributed by atoms with Crippen molar-refractivity contribution in [3.63, 3.8) is 0 Å². The van der Waals surface area contributed by atoms with Crippen LogP contribution >= 0.6 is 11.8 Å². The van der Waals surface area contributed by atoms with Gasteiger partial charge < -0.3 is 10.5 Å². The van der Waals surface area contributed by atoms with Crippen LogP contribution in [0.3, 0.4) is 0 Å². The van der Waals surface area contributed by atoms with E-state index in [1.807, 2.05) is 0 Å². The van der Waals surface area contributed by atoms with E-state index in [1.54, 1.807) is 6.92 Å². The molecule has 0 fully saturated rings. The summed E-state index contributed by atoms with van der Waals surface area (Å²) in [5, 5.41) is 0. The van der Waals surface area contributed by atoms with Crippen LogP contribution in [0.1, 0.15) is 6.92 Å². The number of halogens is 1. The van der Waals surface area contributed by atoms with E-state index in [0.717, 1.165) is 0 Å². The number of hydrogen-bond donors (Lipinski definition) is 1. The fourth-order valence-corrected chi connectivity index (χ4v) is 1.21. The molecule has 0 aliphatic carbocycles. The minimum absolute atomic E-state index is 0.232. The van der Waals surface area contributed by atoms with E-state index in [-0.39, 0.29) is 12.8 Å². The number of alkyl halides is 1. The third kappa shape index (κ3) is 7.45. The molecule has 66 valence electrons. The highest BCUT2D eigenvalue weighted by molar-refractivity contribution is 7.99. The van der Waals surface area contributed by atoms with Crippen LogP contribution in [-0.2, 0) is 4.74 Å². The summed E-state index contributed by atoms with van der Waals surface area (Å²) in [5.41, 5.74) is 4.75. The summed E-state index contributed by atoms with van der Waals surface area (Å²) in [6, 6.07) is 0. The standard InChI is InChI=1S/C6H12FNO2S/c1-5(10-6(8)9)4-11-3-2-7/h5H,2-4H2,1H3,(H2,8,9). The second kappa shape index (κ2) is 6.27. The molecule has 11 heavy (non-hydrogen) atoms. The molecular weight excluding hydrogens is 169 g/mol. The van der Waals surface area contributed by atoms with E-state index in [2.05, 4.69) is 4.74 Å². The Morgan fingerprint density at radius 1 is 1.82 bits per heavy atom. The molecule has 3 nitrogen and oxygen atoms in total. The van der Waals surface area contributed by atoms with Crippen LogP contribution in [0, 0.1) is 0 Å². The van der Waals surface area contributed by atoms with Crippen molar-refractivity contribution in [2.24, 2.45) is 5.73 Å². The van der Waals surface area contributed by atoms with Gasteiger partial charge in [-0.05, 0) is 6.92 Å². The van der Waals surface area contributed by atoms with Crippen molar-refractivity contribution < 1.29 is 13.9 Å². The average Bonchev–Trinajstić information content (AvgIpc) is 1.86. The van der Waals surface area contributed by atoms with Gasteiger partial charge in [-0.3, -0.25) is 4.39 Å². The predicted octanol–water partition coefficient (Wildman–Crippen LogP) is 1.17. The van der Waals surface area contributed by atoms with Crippen LogP contribution in [0.15, 0.2) is 0 Å². The number of thioether (sulfide) groups is 1. The van der Waals surface area contributed by atoms with E-state index < -0.39 is 6.09 Å². The number of ether oxygens (including phenoxy) is 1. The molecular formula is C6H12FNO2S. The lowest BCUT2D eigenvalue weighted by Gasteiger charge is -2.09. The molecule has 0 aromatic heterocycles. The minimum Gasteiger partial charge on any atom is -0.446 e. The second-order valence-electron chi connectivity index (χ2n) is 2.01. The minimum atomic E-state index is -0.779. The first-order valence-electron chi connectivity index (χ1n) is 3.26. The maximum Gasteiger partial charge on any atom is 0.404 e. The van der Waals surface area contributed by atoms with Gasteiger partial charge in [0.25, 0.3) is 0 Å². The first-order chi connectivity index (χ1) is 5.16. The van der Waals surface area contributed by atoms with Crippen LogP contribution < -0.4 is 5.73 Å². The van der Waals surface area contributed by atoms with Crippen LogP contribution in [-0.4, -0.2) is 30.4 Å². The summed E-state index contributed by atoms with van der Waals surface area (Å²) in [6.07, 6.45) is -1.01. The van der Waals surface area contributed by atoms with Crippen molar-refractivity contribution in [1.29, 1.82) is 0 Å². The van der Waals surface area contributed by atoms with Crippen molar-refractivity contribution in [3.8, 4) is 0 Å². The molecule has 0 aromatic carbocycles. The van der Waals surface area contributed by atoms with Crippen molar-refractivity contribution in [1.82, 2.24) is 0 Å². The van der Waals surface area contributed by atoms with Gasteiger partial charge in [-0.2, -0.15) is 11.8 Å². The summed E-state index contributed by atoms with van der Waals surface area (Å²) < 4.78 is 16.1. The van der Waals surface area contributed by atoms with Gasteiger partial charge in [0.1, 0.15) is 6.10 Å². The van der Waals surface area contributed by atoms with E-state index in [4.69, 9.17) is 5.73 Å². The molecule has 0 saturated heterocycles. The van der Waals surface area contributed by atoms with Gasteiger partial charge in [-0.15, -0.1) is 0 Å². The highest BCUT2D eigenvalue weighted by Gasteiger charge is 2.04. The molecule has 0 radical (unpaired) electrons. The van der Waals surface area contributed by atoms with Gasteiger partial charge >= 0.3 is 6.09 Å². The maximum absolute atomic E-state index is 11.6. The summed E-state index contributed by atoms with van der Waals surface area (Å²) in [4.78, 5) is 10.2. The number of nitrogens with two attached hydrogens (primary N) is 1. The molecule has 0 rings (SSSR count). The summed E-state index contributed by atoms with van der Waals surface area (Å²) in [5.74, 6) is 1.03. The molecule has 0 aliphatic rings. The Hall–Kier alpha value is -0.450. The Morgan fingerprint density at radius 3 is 2.91 bits per heavy atom. The van der Waals surface area contributed by atoms with E-state index >= 15 is 0 Å².